The number of hydrogen-bond acceptors (Lipinski definition) is 3. The first-order valence-corrected chi connectivity index (χ1v) is 9.03. The van der Waals surface area contributed by atoms with Crippen molar-refractivity contribution in [2.75, 3.05) is 0 Å². The summed E-state index contributed by atoms with van der Waals surface area (Å²) >= 11 is 0. The SMILES string of the molecule is Cc1cc2oc(=O)cc(CN(Cc3ccccc3F)C3CC3)c2cc1C. The zero-order valence-corrected chi connectivity index (χ0v) is 15.1. The Hall–Kier alpha value is -2.46. The van der Waals surface area contributed by atoms with Crippen LogP contribution in [0.3, 0.4) is 0 Å². The third-order valence-corrected chi connectivity index (χ3v) is 5.21. The van der Waals surface area contributed by atoms with Gasteiger partial charge < -0.3 is 4.42 Å². The number of halogens is 1. The molecule has 3 aromatic rings. The van der Waals surface area contributed by atoms with Crippen molar-refractivity contribution in [3.63, 3.8) is 0 Å². The lowest BCUT2D eigenvalue weighted by Crippen LogP contribution is -2.26. The normalized spacial score (nSPS) is 14.3. The molecule has 0 amide bonds. The maximum absolute atomic E-state index is 14.1. The third-order valence-electron chi connectivity index (χ3n) is 5.21. The highest BCUT2D eigenvalue weighted by atomic mass is 19.1. The van der Waals surface area contributed by atoms with Crippen molar-refractivity contribution < 1.29 is 8.81 Å². The monoisotopic (exact) mass is 351 g/mol. The van der Waals surface area contributed by atoms with E-state index in [0.717, 1.165) is 29.4 Å². The molecule has 26 heavy (non-hydrogen) atoms. The zero-order chi connectivity index (χ0) is 18.3. The molecule has 0 spiro atoms. The molecule has 0 radical (unpaired) electrons. The molecule has 1 heterocycles. The van der Waals surface area contributed by atoms with Crippen LogP contribution in [0.5, 0.6) is 0 Å². The average Bonchev–Trinajstić information content (AvgIpc) is 3.43. The minimum Gasteiger partial charge on any atom is -0.423 e. The Labute approximate surface area is 152 Å². The topological polar surface area (TPSA) is 33.5 Å². The van der Waals surface area contributed by atoms with Crippen LogP contribution in [-0.2, 0) is 13.1 Å². The lowest BCUT2D eigenvalue weighted by Gasteiger charge is -2.23. The summed E-state index contributed by atoms with van der Waals surface area (Å²) in [4.78, 5) is 14.3. The fourth-order valence-electron chi connectivity index (χ4n) is 3.43. The smallest absolute Gasteiger partial charge is 0.336 e. The van der Waals surface area contributed by atoms with Gasteiger partial charge in [0.05, 0.1) is 0 Å². The van der Waals surface area contributed by atoms with Crippen LogP contribution in [0.4, 0.5) is 4.39 Å². The maximum Gasteiger partial charge on any atom is 0.336 e. The molecular weight excluding hydrogens is 329 g/mol. The first-order valence-electron chi connectivity index (χ1n) is 9.03. The van der Waals surface area contributed by atoms with E-state index in [1.54, 1.807) is 12.1 Å². The van der Waals surface area contributed by atoms with Gasteiger partial charge in [0.15, 0.2) is 0 Å². The summed E-state index contributed by atoms with van der Waals surface area (Å²) in [7, 11) is 0. The van der Waals surface area contributed by atoms with Gasteiger partial charge in [0.1, 0.15) is 11.4 Å². The second-order valence-corrected chi connectivity index (χ2v) is 7.25. The van der Waals surface area contributed by atoms with E-state index in [4.69, 9.17) is 4.42 Å². The molecule has 0 N–H and O–H groups in total. The Balaban J connectivity index is 1.71. The predicted octanol–water partition coefficient (Wildman–Crippen LogP) is 4.71. The summed E-state index contributed by atoms with van der Waals surface area (Å²) in [5.74, 6) is -0.179. The molecule has 3 nitrogen and oxygen atoms in total. The summed E-state index contributed by atoms with van der Waals surface area (Å²) in [6, 6.07) is 12.9. The zero-order valence-electron chi connectivity index (χ0n) is 15.1. The fraction of sp³-hybridized carbons (Fsp3) is 0.318. The first kappa shape index (κ1) is 17.0. The maximum atomic E-state index is 14.1. The molecule has 1 aromatic heterocycles. The van der Waals surface area contributed by atoms with Crippen LogP contribution in [0.2, 0.25) is 0 Å². The van der Waals surface area contributed by atoms with Crippen LogP contribution in [-0.4, -0.2) is 10.9 Å². The number of rotatable bonds is 5. The van der Waals surface area contributed by atoms with Crippen molar-refractivity contribution >= 4 is 11.0 Å². The summed E-state index contributed by atoms with van der Waals surface area (Å²) in [6.45, 7) is 5.23. The molecule has 1 aliphatic rings. The second-order valence-electron chi connectivity index (χ2n) is 7.25. The third kappa shape index (κ3) is 3.42. The number of nitrogens with zero attached hydrogens (tertiary/aromatic N) is 1. The van der Waals surface area contributed by atoms with Crippen LogP contribution >= 0.6 is 0 Å². The summed E-state index contributed by atoms with van der Waals surface area (Å²) < 4.78 is 19.5. The van der Waals surface area contributed by atoms with E-state index in [1.165, 1.54) is 11.6 Å². The molecule has 0 aliphatic heterocycles. The minimum atomic E-state index is -0.336. The van der Waals surface area contributed by atoms with Gasteiger partial charge >= 0.3 is 5.63 Å². The molecule has 4 heteroatoms. The van der Waals surface area contributed by atoms with Gasteiger partial charge in [-0.15, -0.1) is 0 Å². The van der Waals surface area contributed by atoms with Crippen LogP contribution in [0.15, 0.2) is 51.7 Å². The van der Waals surface area contributed by atoms with Crippen molar-refractivity contribution in [2.24, 2.45) is 0 Å². The Morgan fingerprint density at radius 3 is 2.46 bits per heavy atom. The minimum absolute atomic E-state index is 0.179. The molecule has 2 aromatic carbocycles. The first-order chi connectivity index (χ1) is 12.5. The molecular formula is C22H22FNO2. The van der Waals surface area contributed by atoms with Gasteiger partial charge in [-0.2, -0.15) is 0 Å². The van der Waals surface area contributed by atoms with Gasteiger partial charge in [0.2, 0.25) is 0 Å². The van der Waals surface area contributed by atoms with E-state index in [2.05, 4.69) is 17.9 Å². The van der Waals surface area contributed by atoms with Crippen LogP contribution in [0, 0.1) is 19.7 Å². The molecule has 0 atom stereocenters. The summed E-state index contributed by atoms with van der Waals surface area (Å²) in [5.41, 5.74) is 4.19. The Kier molecular flexibility index (Phi) is 4.37. The van der Waals surface area contributed by atoms with Crippen LogP contribution in [0.25, 0.3) is 11.0 Å². The van der Waals surface area contributed by atoms with E-state index in [9.17, 15) is 9.18 Å². The van der Waals surface area contributed by atoms with E-state index in [-0.39, 0.29) is 11.4 Å². The molecule has 1 aliphatic carbocycles. The molecule has 0 unspecified atom stereocenters. The van der Waals surface area contributed by atoms with Gasteiger partial charge in [0.25, 0.3) is 0 Å². The largest absolute Gasteiger partial charge is 0.423 e. The number of benzene rings is 2. The van der Waals surface area contributed by atoms with Crippen molar-refractivity contribution in [3.8, 4) is 0 Å². The standard InChI is InChI=1S/C22H22FNO2/c1-14-9-19-17(11-22(25)26-21(19)10-15(14)2)13-24(18-7-8-18)12-16-5-3-4-6-20(16)23/h3-6,9-11,18H,7-8,12-13H2,1-2H3. The Bertz CT molecular complexity index is 1020. The van der Waals surface area contributed by atoms with Crippen molar-refractivity contribution in [1.29, 1.82) is 0 Å². The fourth-order valence-corrected chi connectivity index (χ4v) is 3.43. The molecule has 0 bridgehead atoms. The quantitative estimate of drug-likeness (QED) is 0.624. The highest BCUT2D eigenvalue weighted by Crippen LogP contribution is 2.32. The predicted molar refractivity (Wildman–Crippen MR) is 101 cm³/mol. The number of aryl methyl sites for hydroxylation is 2. The van der Waals surface area contributed by atoms with E-state index >= 15 is 0 Å². The number of hydrogen-bond donors (Lipinski definition) is 0. The average molecular weight is 351 g/mol. The van der Waals surface area contributed by atoms with Crippen molar-refractivity contribution in [2.45, 2.75) is 45.8 Å². The van der Waals surface area contributed by atoms with Gasteiger partial charge in [-0.3, -0.25) is 4.90 Å². The molecule has 4 rings (SSSR count). The van der Waals surface area contributed by atoms with Gasteiger partial charge in [-0.05, 0) is 61.6 Å². The van der Waals surface area contributed by atoms with E-state index in [1.807, 2.05) is 25.1 Å². The van der Waals surface area contributed by atoms with Gasteiger partial charge in [0, 0.05) is 36.1 Å². The summed E-state index contributed by atoms with van der Waals surface area (Å²) in [5, 5.41) is 0.965. The Morgan fingerprint density at radius 2 is 1.73 bits per heavy atom. The van der Waals surface area contributed by atoms with Crippen molar-refractivity contribution in [3.05, 3.63) is 81.0 Å². The lowest BCUT2D eigenvalue weighted by atomic mass is 10.0. The Morgan fingerprint density at radius 1 is 1.04 bits per heavy atom. The van der Waals surface area contributed by atoms with Crippen LogP contribution < -0.4 is 5.63 Å². The lowest BCUT2D eigenvalue weighted by molar-refractivity contribution is 0.242. The van der Waals surface area contributed by atoms with E-state index < -0.39 is 0 Å². The molecule has 0 saturated heterocycles. The second kappa shape index (κ2) is 6.69. The van der Waals surface area contributed by atoms with Gasteiger partial charge in [-0.1, -0.05) is 18.2 Å². The van der Waals surface area contributed by atoms with Crippen LogP contribution in [0.1, 0.15) is 35.1 Å². The molecule has 1 saturated carbocycles. The summed E-state index contributed by atoms with van der Waals surface area (Å²) in [6.07, 6.45) is 2.23. The highest BCUT2D eigenvalue weighted by Gasteiger charge is 2.30. The molecule has 134 valence electrons. The molecule has 1 fully saturated rings. The number of fused-ring (bicyclic) bond motifs is 1. The van der Waals surface area contributed by atoms with E-state index in [0.29, 0.717) is 30.3 Å². The van der Waals surface area contributed by atoms with Gasteiger partial charge in [-0.25, -0.2) is 9.18 Å². The van der Waals surface area contributed by atoms with Crippen molar-refractivity contribution in [1.82, 2.24) is 4.90 Å². The highest BCUT2D eigenvalue weighted by molar-refractivity contribution is 5.81.